The molecule has 0 radical (unpaired) electrons. The predicted octanol–water partition coefficient (Wildman–Crippen LogP) is 6.34. The molecule has 0 spiro atoms. The van der Waals surface area contributed by atoms with Crippen molar-refractivity contribution in [3.63, 3.8) is 0 Å². The zero-order valence-electron chi connectivity index (χ0n) is 23.2. The van der Waals surface area contributed by atoms with Gasteiger partial charge in [-0.3, -0.25) is 9.69 Å². The number of ether oxygens (including phenoxy) is 2. The van der Waals surface area contributed by atoms with Crippen LogP contribution in [0.1, 0.15) is 43.6 Å². The molecule has 1 saturated heterocycles. The van der Waals surface area contributed by atoms with Gasteiger partial charge < -0.3 is 19.3 Å². The lowest BCUT2D eigenvalue weighted by Gasteiger charge is -2.40. The van der Waals surface area contributed by atoms with E-state index in [0.29, 0.717) is 23.6 Å². The van der Waals surface area contributed by atoms with Gasteiger partial charge in [-0.2, -0.15) is 0 Å². The molecule has 0 saturated carbocycles. The highest BCUT2D eigenvalue weighted by molar-refractivity contribution is 6.07. The van der Waals surface area contributed by atoms with Crippen LogP contribution >= 0.6 is 0 Å². The Balaban J connectivity index is 1.37. The van der Waals surface area contributed by atoms with E-state index in [1.165, 1.54) is 24.3 Å². The van der Waals surface area contributed by atoms with Crippen LogP contribution in [0.4, 0.5) is 14.9 Å². The van der Waals surface area contributed by atoms with Gasteiger partial charge in [0.1, 0.15) is 22.9 Å². The van der Waals surface area contributed by atoms with Gasteiger partial charge in [0.2, 0.25) is 0 Å². The van der Waals surface area contributed by atoms with Gasteiger partial charge in [-0.1, -0.05) is 24.3 Å². The third-order valence-corrected chi connectivity index (χ3v) is 6.53. The Hall–Kier alpha value is -3.91. The highest BCUT2D eigenvalue weighted by atomic mass is 19.1. The Morgan fingerprint density at radius 3 is 2.28 bits per heavy atom. The lowest BCUT2D eigenvalue weighted by atomic mass is 10.1. The Labute approximate surface area is 229 Å². The Kier molecular flexibility index (Phi) is 8.55. The molecule has 0 N–H and O–H groups in total. The molecule has 0 bridgehead atoms. The minimum atomic E-state index is -0.512. The molecule has 4 rings (SSSR count). The Morgan fingerprint density at radius 2 is 1.64 bits per heavy atom. The van der Waals surface area contributed by atoms with Crippen molar-refractivity contribution in [2.24, 2.45) is 0 Å². The summed E-state index contributed by atoms with van der Waals surface area (Å²) in [5.41, 5.74) is 1.77. The number of halogens is 1. The van der Waals surface area contributed by atoms with E-state index >= 15 is 0 Å². The number of rotatable bonds is 6. The number of hydrogen-bond donors (Lipinski definition) is 0. The Bertz CT molecular complexity index is 1290. The number of carbonyl (C=O) groups excluding carboxylic acids is 2. The maximum Gasteiger partial charge on any atom is 0.410 e. The molecule has 1 aliphatic heterocycles. The van der Waals surface area contributed by atoms with Crippen molar-refractivity contribution in [2.45, 2.75) is 45.9 Å². The van der Waals surface area contributed by atoms with Crippen LogP contribution in [-0.2, 0) is 11.3 Å². The maximum absolute atomic E-state index is 13.4. The summed E-state index contributed by atoms with van der Waals surface area (Å²) in [7, 11) is 1.73. The number of benzene rings is 3. The van der Waals surface area contributed by atoms with Crippen LogP contribution in [0.3, 0.4) is 0 Å². The minimum absolute atomic E-state index is 0.0498. The van der Waals surface area contributed by atoms with Crippen molar-refractivity contribution in [2.75, 3.05) is 31.6 Å². The first-order valence-electron chi connectivity index (χ1n) is 13.1. The van der Waals surface area contributed by atoms with Gasteiger partial charge in [0, 0.05) is 45.0 Å². The first-order chi connectivity index (χ1) is 18.5. The van der Waals surface area contributed by atoms with Crippen LogP contribution in [0.5, 0.6) is 11.5 Å². The summed E-state index contributed by atoms with van der Waals surface area (Å²) < 4.78 is 24.7. The molecular weight excluding hydrogens is 497 g/mol. The maximum atomic E-state index is 13.4. The summed E-state index contributed by atoms with van der Waals surface area (Å²) in [6.45, 7) is 10.5. The molecule has 3 aromatic rings. The van der Waals surface area contributed by atoms with Gasteiger partial charge in [-0.05, 0) is 81.8 Å². The summed E-state index contributed by atoms with van der Waals surface area (Å²) in [6, 6.07) is 20.6. The Morgan fingerprint density at radius 1 is 0.974 bits per heavy atom. The number of amides is 2. The minimum Gasteiger partial charge on any atom is -0.457 e. The largest absolute Gasteiger partial charge is 0.457 e. The van der Waals surface area contributed by atoms with Crippen molar-refractivity contribution < 1.29 is 23.5 Å². The second kappa shape index (κ2) is 11.9. The van der Waals surface area contributed by atoms with E-state index < -0.39 is 5.60 Å². The average molecular weight is 534 g/mol. The standard InChI is InChI=1S/C31H36FN3O4/c1-22-20-34(18-19-35(22)30(37)39-31(2,3)4)21-23-10-14-25(15-11-23)33(5)29(36)27-8-6-7-9-28(27)38-26-16-12-24(32)13-17-26/h6-17,22H,18-21H2,1-5H3/t22-/m0/s1. The lowest BCUT2D eigenvalue weighted by Crippen LogP contribution is -2.54. The van der Waals surface area contributed by atoms with Crippen LogP contribution in [-0.4, -0.2) is 60.1 Å². The molecule has 1 heterocycles. The fraction of sp³-hybridized carbons (Fsp3) is 0.355. The van der Waals surface area contributed by atoms with E-state index in [0.717, 1.165) is 30.9 Å². The molecule has 2 amide bonds. The average Bonchev–Trinajstić information content (AvgIpc) is 2.89. The van der Waals surface area contributed by atoms with E-state index in [1.54, 1.807) is 41.1 Å². The zero-order valence-corrected chi connectivity index (χ0v) is 23.2. The quantitative estimate of drug-likeness (QED) is 0.370. The van der Waals surface area contributed by atoms with Gasteiger partial charge in [-0.15, -0.1) is 0 Å². The highest BCUT2D eigenvalue weighted by Crippen LogP contribution is 2.28. The molecule has 3 aromatic carbocycles. The highest BCUT2D eigenvalue weighted by Gasteiger charge is 2.30. The van der Waals surface area contributed by atoms with Crippen molar-refractivity contribution in [1.29, 1.82) is 0 Å². The number of para-hydroxylation sites is 1. The third kappa shape index (κ3) is 7.35. The fourth-order valence-electron chi connectivity index (χ4n) is 4.51. The molecule has 0 aliphatic carbocycles. The molecule has 1 aliphatic rings. The van der Waals surface area contributed by atoms with Crippen LogP contribution in [0, 0.1) is 5.82 Å². The third-order valence-electron chi connectivity index (χ3n) is 6.53. The van der Waals surface area contributed by atoms with Gasteiger partial charge in [0.25, 0.3) is 5.91 Å². The van der Waals surface area contributed by atoms with Crippen molar-refractivity contribution >= 4 is 17.7 Å². The SMILES string of the molecule is C[C@H]1CN(Cc2ccc(N(C)C(=O)c3ccccc3Oc3ccc(F)cc3)cc2)CCN1C(=O)OC(C)(C)C. The second-order valence-corrected chi connectivity index (χ2v) is 10.8. The van der Waals surface area contributed by atoms with Gasteiger partial charge in [0.05, 0.1) is 5.56 Å². The van der Waals surface area contributed by atoms with E-state index in [2.05, 4.69) is 4.90 Å². The molecule has 1 atom stereocenters. The molecule has 206 valence electrons. The predicted molar refractivity (Wildman–Crippen MR) is 150 cm³/mol. The van der Waals surface area contributed by atoms with Crippen molar-refractivity contribution in [3.05, 3.63) is 89.7 Å². The molecule has 1 fully saturated rings. The number of piperazine rings is 1. The van der Waals surface area contributed by atoms with Crippen LogP contribution in [0.15, 0.2) is 72.8 Å². The van der Waals surface area contributed by atoms with E-state index in [-0.39, 0.29) is 23.9 Å². The second-order valence-electron chi connectivity index (χ2n) is 10.8. The monoisotopic (exact) mass is 533 g/mol. The number of anilines is 1. The smallest absolute Gasteiger partial charge is 0.410 e. The molecule has 8 heteroatoms. The molecule has 0 aromatic heterocycles. The van der Waals surface area contributed by atoms with Crippen LogP contribution < -0.4 is 9.64 Å². The summed E-state index contributed by atoms with van der Waals surface area (Å²) in [6.07, 6.45) is -0.267. The summed E-state index contributed by atoms with van der Waals surface area (Å²) >= 11 is 0. The van der Waals surface area contributed by atoms with E-state index in [9.17, 15) is 14.0 Å². The number of hydrogen-bond acceptors (Lipinski definition) is 5. The first kappa shape index (κ1) is 28.1. The molecular formula is C31H36FN3O4. The van der Waals surface area contributed by atoms with Gasteiger partial charge in [0.15, 0.2) is 0 Å². The van der Waals surface area contributed by atoms with Crippen molar-refractivity contribution in [3.8, 4) is 11.5 Å². The topological polar surface area (TPSA) is 62.3 Å². The van der Waals surface area contributed by atoms with E-state index in [1.807, 2.05) is 52.0 Å². The first-order valence-corrected chi connectivity index (χ1v) is 13.1. The van der Waals surface area contributed by atoms with E-state index in [4.69, 9.17) is 9.47 Å². The normalized spacial score (nSPS) is 16.1. The van der Waals surface area contributed by atoms with Crippen LogP contribution in [0.25, 0.3) is 0 Å². The van der Waals surface area contributed by atoms with Crippen molar-refractivity contribution in [1.82, 2.24) is 9.80 Å². The zero-order chi connectivity index (χ0) is 28.2. The molecule has 7 nitrogen and oxygen atoms in total. The fourth-order valence-corrected chi connectivity index (χ4v) is 4.51. The molecule has 39 heavy (non-hydrogen) atoms. The number of nitrogens with zero attached hydrogens (tertiary/aromatic N) is 3. The van der Waals surface area contributed by atoms with Gasteiger partial charge in [-0.25, -0.2) is 9.18 Å². The van der Waals surface area contributed by atoms with Gasteiger partial charge >= 0.3 is 6.09 Å². The summed E-state index contributed by atoms with van der Waals surface area (Å²) in [5, 5.41) is 0. The summed E-state index contributed by atoms with van der Waals surface area (Å²) in [5.74, 6) is 0.280. The number of carbonyl (C=O) groups is 2. The lowest BCUT2D eigenvalue weighted by molar-refractivity contribution is 0.000550. The summed E-state index contributed by atoms with van der Waals surface area (Å²) in [4.78, 5) is 31.6. The van der Waals surface area contributed by atoms with Crippen LogP contribution in [0.2, 0.25) is 0 Å². The molecule has 0 unspecified atom stereocenters.